The summed E-state index contributed by atoms with van der Waals surface area (Å²) in [6.45, 7) is -0.238. The van der Waals surface area contributed by atoms with Gasteiger partial charge in [0.1, 0.15) is 0 Å². The molecule has 1 unspecified atom stereocenters. The largest absolute Gasteiger partial charge is 0.467 e. The van der Waals surface area contributed by atoms with Gasteiger partial charge in [0.2, 0.25) is 0 Å². The molecular weight excluding hydrogens is 204 g/mol. The summed E-state index contributed by atoms with van der Waals surface area (Å²) in [5.41, 5.74) is 0.0760. The number of aromatic amines is 1. The molecule has 8 nitrogen and oxygen atoms in total. The Hall–Kier alpha value is -1.96. The molecule has 0 aromatic carbocycles. The fourth-order valence-electron chi connectivity index (χ4n) is 0.810. The van der Waals surface area contributed by atoms with E-state index in [0.29, 0.717) is 0 Å². The van der Waals surface area contributed by atoms with Crippen LogP contribution in [0.2, 0.25) is 0 Å². The SMILES string of the molecule is COC(=O)C(O)CNC(=O)c1cn[nH]n1. The third-order valence-corrected chi connectivity index (χ3v) is 1.58. The van der Waals surface area contributed by atoms with Gasteiger partial charge in [-0.3, -0.25) is 4.79 Å². The minimum atomic E-state index is -1.38. The van der Waals surface area contributed by atoms with Gasteiger partial charge in [0.25, 0.3) is 5.91 Å². The number of carbonyl (C=O) groups excluding carboxylic acids is 2. The van der Waals surface area contributed by atoms with E-state index >= 15 is 0 Å². The number of nitrogens with one attached hydrogen (secondary N) is 2. The van der Waals surface area contributed by atoms with E-state index in [9.17, 15) is 9.59 Å². The lowest BCUT2D eigenvalue weighted by Crippen LogP contribution is -2.37. The highest BCUT2D eigenvalue weighted by molar-refractivity contribution is 5.92. The van der Waals surface area contributed by atoms with Gasteiger partial charge in [0, 0.05) is 0 Å². The molecule has 3 N–H and O–H groups in total. The van der Waals surface area contributed by atoms with Gasteiger partial charge in [-0.1, -0.05) is 0 Å². The van der Waals surface area contributed by atoms with Crippen molar-refractivity contribution in [2.24, 2.45) is 0 Å². The number of ether oxygens (including phenoxy) is 1. The quantitative estimate of drug-likeness (QED) is 0.502. The molecule has 0 saturated carbocycles. The van der Waals surface area contributed by atoms with Crippen molar-refractivity contribution in [3.05, 3.63) is 11.9 Å². The molecule has 0 spiro atoms. The predicted octanol–water partition coefficient (Wildman–Crippen LogP) is -1.93. The van der Waals surface area contributed by atoms with Crippen LogP contribution >= 0.6 is 0 Å². The smallest absolute Gasteiger partial charge is 0.336 e. The average molecular weight is 214 g/mol. The van der Waals surface area contributed by atoms with Gasteiger partial charge in [-0.15, -0.1) is 0 Å². The number of aromatic nitrogens is 3. The number of hydrogen-bond donors (Lipinski definition) is 3. The standard InChI is InChI=1S/C7H10N4O4/c1-15-7(14)5(12)3-8-6(13)4-2-9-11-10-4/h2,5,12H,3H2,1H3,(H,8,13)(H,9,10,11). The first-order chi connectivity index (χ1) is 7.15. The van der Waals surface area contributed by atoms with Gasteiger partial charge in [0.05, 0.1) is 19.9 Å². The average Bonchev–Trinajstić information content (AvgIpc) is 2.77. The van der Waals surface area contributed by atoms with Crippen LogP contribution in [0.3, 0.4) is 0 Å². The second-order valence-electron chi connectivity index (χ2n) is 2.60. The Morgan fingerprint density at radius 2 is 2.47 bits per heavy atom. The van der Waals surface area contributed by atoms with Crippen molar-refractivity contribution in [2.45, 2.75) is 6.10 Å². The zero-order valence-electron chi connectivity index (χ0n) is 7.93. The normalized spacial score (nSPS) is 11.9. The Morgan fingerprint density at radius 1 is 1.73 bits per heavy atom. The first-order valence-corrected chi connectivity index (χ1v) is 4.05. The summed E-state index contributed by atoms with van der Waals surface area (Å²) in [5.74, 6) is -1.35. The van der Waals surface area contributed by atoms with Crippen LogP contribution in [0.1, 0.15) is 10.5 Å². The number of H-pyrrole nitrogens is 1. The highest BCUT2D eigenvalue weighted by atomic mass is 16.5. The molecule has 0 aliphatic heterocycles. The Labute approximate surface area is 84.6 Å². The molecule has 1 amide bonds. The topological polar surface area (TPSA) is 117 Å². The molecule has 1 aromatic rings. The number of esters is 1. The van der Waals surface area contributed by atoms with Gasteiger partial charge in [0.15, 0.2) is 11.8 Å². The Morgan fingerprint density at radius 3 is 3.00 bits per heavy atom. The molecule has 0 aliphatic carbocycles. The molecule has 0 bridgehead atoms. The molecular formula is C7H10N4O4. The van der Waals surface area contributed by atoms with Crippen LogP contribution in [0.5, 0.6) is 0 Å². The number of carbonyl (C=O) groups is 2. The van der Waals surface area contributed by atoms with Crippen molar-refractivity contribution in [3.63, 3.8) is 0 Å². The number of aliphatic hydroxyl groups is 1. The van der Waals surface area contributed by atoms with Gasteiger partial charge in [-0.25, -0.2) is 4.79 Å². The lowest BCUT2D eigenvalue weighted by atomic mass is 10.3. The number of amides is 1. The number of nitrogens with zero attached hydrogens (tertiary/aromatic N) is 2. The van der Waals surface area contributed by atoms with E-state index in [-0.39, 0.29) is 12.2 Å². The van der Waals surface area contributed by atoms with Gasteiger partial charge in [-0.2, -0.15) is 15.4 Å². The zero-order chi connectivity index (χ0) is 11.3. The van der Waals surface area contributed by atoms with Gasteiger partial charge < -0.3 is 15.2 Å². The lowest BCUT2D eigenvalue weighted by Gasteiger charge is -2.08. The first kappa shape index (κ1) is 11.1. The van der Waals surface area contributed by atoms with Crippen molar-refractivity contribution in [2.75, 3.05) is 13.7 Å². The molecule has 0 radical (unpaired) electrons. The van der Waals surface area contributed by atoms with E-state index in [1.54, 1.807) is 0 Å². The molecule has 82 valence electrons. The lowest BCUT2D eigenvalue weighted by molar-refractivity contribution is -0.149. The van der Waals surface area contributed by atoms with Crippen LogP contribution in [-0.4, -0.2) is 52.2 Å². The van der Waals surface area contributed by atoms with Crippen molar-refractivity contribution >= 4 is 11.9 Å². The minimum Gasteiger partial charge on any atom is -0.467 e. The summed E-state index contributed by atoms with van der Waals surface area (Å²) in [7, 11) is 1.14. The predicted molar refractivity (Wildman–Crippen MR) is 46.7 cm³/mol. The maximum Gasteiger partial charge on any atom is 0.336 e. The molecule has 1 atom stereocenters. The van der Waals surface area contributed by atoms with E-state index in [0.717, 1.165) is 7.11 Å². The fourth-order valence-corrected chi connectivity index (χ4v) is 0.810. The minimum absolute atomic E-state index is 0.0760. The van der Waals surface area contributed by atoms with E-state index in [2.05, 4.69) is 25.5 Å². The maximum atomic E-state index is 11.2. The Kier molecular flexibility index (Phi) is 3.75. The molecule has 0 fully saturated rings. The number of aliphatic hydroxyl groups excluding tert-OH is 1. The summed E-state index contributed by atoms with van der Waals surface area (Å²) in [5, 5.41) is 20.6. The van der Waals surface area contributed by atoms with Gasteiger partial charge in [-0.05, 0) is 0 Å². The first-order valence-electron chi connectivity index (χ1n) is 4.05. The molecule has 15 heavy (non-hydrogen) atoms. The molecule has 1 aromatic heterocycles. The van der Waals surface area contributed by atoms with Crippen LogP contribution in [-0.2, 0) is 9.53 Å². The van der Waals surface area contributed by atoms with Crippen molar-refractivity contribution < 1.29 is 19.4 Å². The van der Waals surface area contributed by atoms with E-state index in [4.69, 9.17) is 5.11 Å². The zero-order valence-corrected chi connectivity index (χ0v) is 7.93. The Bertz CT molecular complexity index is 337. The summed E-state index contributed by atoms with van der Waals surface area (Å²) in [6, 6.07) is 0. The highest BCUT2D eigenvalue weighted by Gasteiger charge is 2.17. The van der Waals surface area contributed by atoms with E-state index in [1.807, 2.05) is 0 Å². The number of rotatable bonds is 4. The van der Waals surface area contributed by atoms with Crippen molar-refractivity contribution in [3.8, 4) is 0 Å². The van der Waals surface area contributed by atoms with Crippen LogP contribution in [0.15, 0.2) is 6.20 Å². The number of hydrogen-bond acceptors (Lipinski definition) is 6. The molecule has 1 rings (SSSR count). The maximum absolute atomic E-state index is 11.2. The monoisotopic (exact) mass is 214 g/mol. The molecule has 0 saturated heterocycles. The summed E-state index contributed by atoms with van der Waals surface area (Å²) < 4.78 is 4.26. The van der Waals surface area contributed by atoms with Crippen LogP contribution < -0.4 is 5.32 Å². The Balaban J connectivity index is 2.38. The second kappa shape index (κ2) is 5.05. The summed E-state index contributed by atoms with van der Waals surface area (Å²) >= 11 is 0. The third kappa shape index (κ3) is 3.02. The molecule has 8 heteroatoms. The van der Waals surface area contributed by atoms with Gasteiger partial charge >= 0.3 is 5.97 Å². The fraction of sp³-hybridized carbons (Fsp3) is 0.429. The van der Waals surface area contributed by atoms with E-state index in [1.165, 1.54) is 6.20 Å². The summed E-state index contributed by atoms with van der Waals surface area (Å²) in [6.07, 6.45) is -0.161. The van der Waals surface area contributed by atoms with Crippen molar-refractivity contribution in [1.82, 2.24) is 20.7 Å². The van der Waals surface area contributed by atoms with Crippen LogP contribution in [0.25, 0.3) is 0 Å². The van der Waals surface area contributed by atoms with Crippen molar-refractivity contribution in [1.29, 1.82) is 0 Å². The number of methoxy groups -OCH3 is 1. The van der Waals surface area contributed by atoms with Crippen LogP contribution in [0.4, 0.5) is 0 Å². The molecule has 1 heterocycles. The van der Waals surface area contributed by atoms with E-state index < -0.39 is 18.0 Å². The summed E-state index contributed by atoms with van der Waals surface area (Å²) in [4.78, 5) is 22.0. The molecule has 0 aliphatic rings. The van der Waals surface area contributed by atoms with Crippen LogP contribution in [0, 0.1) is 0 Å². The second-order valence-corrected chi connectivity index (χ2v) is 2.60. The highest BCUT2D eigenvalue weighted by Crippen LogP contribution is 1.90. The third-order valence-electron chi connectivity index (χ3n) is 1.58.